The van der Waals surface area contributed by atoms with E-state index in [2.05, 4.69) is 0 Å². The first-order chi connectivity index (χ1) is 5.20. The molecule has 1 atom stereocenters. The van der Waals surface area contributed by atoms with E-state index in [1.54, 1.807) is 0 Å². The molecular formula is C9H12O2. The van der Waals surface area contributed by atoms with Gasteiger partial charge < -0.3 is 4.74 Å². The topological polar surface area (TPSA) is 26.3 Å². The van der Waals surface area contributed by atoms with Gasteiger partial charge in [0.25, 0.3) is 0 Å². The molecule has 1 rings (SSSR count). The van der Waals surface area contributed by atoms with E-state index in [9.17, 15) is 4.79 Å². The van der Waals surface area contributed by atoms with Crippen molar-refractivity contribution in [2.24, 2.45) is 5.92 Å². The second-order valence-corrected chi connectivity index (χ2v) is 2.66. The monoisotopic (exact) mass is 152 g/mol. The Balaban J connectivity index is 2.41. The summed E-state index contributed by atoms with van der Waals surface area (Å²) in [6.45, 7) is 3.32. The van der Waals surface area contributed by atoms with Crippen molar-refractivity contribution in [1.29, 1.82) is 0 Å². The van der Waals surface area contributed by atoms with Crippen LogP contribution in [0, 0.1) is 5.92 Å². The highest BCUT2D eigenvalue weighted by atomic mass is 16.5. The molecule has 0 aromatic carbocycles. The number of rotatable bonds is 2. The molecule has 1 aliphatic carbocycles. The van der Waals surface area contributed by atoms with Crippen molar-refractivity contribution in [2.75, 3.05) is 0 Å². The van der Waals surface area contributed by atoms with E-state index < -0.39 is 0 Å². The Kier molecular flexibility index (Phi) is 2.47. The standard InChI is InChI=1S/C9H12O2/c1-7(11-8(2)10)9-5-3-4-6-9/h3-7,9H,1-2H3/t7-/m1/s1. The van der Waals surface area contributed by atoms with Crippen molar-refractivity contribution in [3.05, 3.63) is 24.3 Å². The van der Waals surface area contributed by atoms with Gasteiger partial charge in [-0.2, -0.15) is 0 Å². The second kappa shape index (κ2) is 3.37. The van der Waals surface area contributed by atoms with Crippen molar-refractivity contribution in [1.82, 2.24) is 0 Å². The summed E-state index contributed by atoms with van der Waals surface area (Å²) in [5.74, 6) is 0.0464. The van der Waals surface area contributed by atoms with Crippen molar-refractivity contribution in [2.45, 2.75) is 20.0 Å². The Morgan fingerprint density at radius 2 is 2.00 bits per heavy atom. The molecular weight excluding hydrogens is 140 g/mol. The van der Waals surface area contributed by atoms with Gasteiger partial charge in [-0.3, -0.25) is 4.79 Å². The minimum atomic E-state index is -0.216. The highest BCUT2D eigenvalue weighted by Crippen LogP contribution is 2.15. The van der Waals surface area contributed by atoms with Gasteiger partial charge in [-0.25, -0.2) is 0 Å². The Morgan fingerprint density at radius 3 is 2.45 bits per heavy atom. The first-order valence-electron chi connectivity index (χ1n) is 3.72. The quantitative estimate of drug-likeness (QED) is 0.563. The van der Waals surface area contributed by atoms with E-state index in [0.29, 0.717) is 0 Å². The largest absolute Gasteiger partial charge is 0.462 e. The molecule has 0 fully saturated rings. The van der Waals surface area contributed by atoms with Crippen molar-refractivity contribution in [3.63, 3.8) is 0 Å². The Bertz CT molecular complexity index is 192. The number of hydrogen-bond donors (Lipinski definition) is 0. The summed E-state index contributed by atoms with van der Waals surface area (Å²) >= 11 is 0. The number of carbonyl (C=O) groups is 1. The molecule has 2 heteroatoms. The molecule has 60 valence electrons. The summed E-state index contributed by atoms with van der Waals surface area (Å²) in [6, 6.07) is 0. The van der Waals surface area contributed by atoms with E-state index in [4.69, 9.17) is 4.74 Å². The predicted molar refractivity (Wildman–Crippen MR) is 43.0 cm³/mol. The zero-order chi connectivity index (χ0) is 8.27. The summed E-state index contributed by atoms with van der Waals surface area (Å²) in [6.07, 6.45) is 7.93. The molecule has 0 aliphatic heterocycles. The van der Waals surface area contributed by atoms with Crippen LogP contribution in [0.1, 0.15) is 13.8 Å². The zero-order valence-electron chi connectivity index (χ0n) is 6.78. The summed E-state index contributed by atoms with van der Waals surface area (Å²) in [4.78, 5) is 10.5. The summed E-state index contributed by atoms with van der Waals surface area (Å²) in [7, 11) is 0. The molecule has 0 saturated carbocycles. The fraction of sp³-hybridized carbons (Fsp3) is 0.444. The molecule has 0 heterocycles. The second-order valence-electron chi connectivity index (χ2n) is 2.66. The van der Waals surface area contributed by atoms with Gasteiger partial charge >= 0.3 is 5.97 Å². The van der Waals surface area contributed by atoms with E-state index in [-0.39, 0.29) is 18.0 Å². The normalized spacial score (nSPS) is 18.7. The van der Waals surface area contributed by atoms with E-state index >= 15 is 0 Å². The Hall–Kier alpha value is -1.05. The lowest BCUT2D eigenvalue weighted by Crippen LogP contribution is -2.18. The average Bonchev–Trinajstić information content (AvgIpc) is 2.35. The van der Waals surface area contributed by atoms with Crippen molar-refractivity contribution >= 4 is 5.97 Å². The summed E-state index contributed by atoms with van der Waals surface area (Å²) < 4.78 is 4.99. The first kappa shape index (κ1) is 8.05. The van der Waals surface area contributed by atoms with Gasteiger partial charge in [0.1, 0.15) is 6.10 Å². The molecule has 0 amide bonds. The van der Waals surface area contributed by atoms with Crippen LogP contribution in [-0.2, 0) is 9.53 Å². The summed E-state index contributed by atoms with van der Waals surface area (Å²) in [5.41, 5.74) is 0. The number of allylic oxidation sites excluding steroid dienone is 2. The SMILES string of the molecule is CC(=O)O[C@H](C)C1C=CC=C1. The molecule has 0 spiro atoms. The molecule has 0 bridgehead atoms. The maximum atomic E-state index is 10.5. The Morgan fingerprint density at radius 1 is 1.45 bits per heavy atom. The van der Waals surface area contributed by atoms with Crippen LogP contribution in [0.15, 0.2) is 24.3 Å². The predicted octanol–water partition coefficient (Wildman–Crippen LogP) is 1.68. The highest BCUT2D eigenvalue weighted by Gasteiger charge is 2.15. The number of hydrogen-bond acceptors (Lipinski definition) is 2. The fourth-order valence-corrected chi connectivity index (χ4v) is 1.10. The molecule has 2 nitrogen and oxygen atoms in total. The van der Waals surface area contributed by atoms with E-state index in [0.717, 1.165) is 0 Å². The molecule has 0 radical (unpaired) electrons. The van der Waals surface area contributed by atoms with Gasteiger partial charge in [0.2, 0.25) is 0 Å². The maximum Gasteiger partial charge on any atom is 0.302 e. The number of esters is 1. The highest BCUT2D eigenvalue weighted by molar-refractivity contribution is 5.66. The molecule has 0 unspecified atom stereocenters. The third kappa shape index (κ3) is 2.22. The van der Waals surface area contributed by atoms with Crippen LogP contribution in [0.5, 0.6) is 0 Å². The third-order valence-electron chi connectivity index (χ3n) is 1.67. The van der Waals surface area contributed by atoms with Gasteiger partial charge in [-0.15, -0.1) is 0 Å². The first-order valence-corrected chi connectivity index (χ1v) is 3.72. The van der Waals surface area contributed by atoms with Crippen LogP contribution in [0.25, 0.3) is 0 Å². The molecule has 11 heavy (non-hydrogen) atoms. The Labute approximate surface area is 66.5 Å². The van der Waals surface area contributed by atoms with Crippen molar-refractivity contribution < 1.29 is 9.53 Å². The lowest BCUT2D eigenvalue weighted by Gasteiger charge is -2.15. The van der Waals surface area contributed by atoms with Crippen LogP contribution in [-0.4, -0.2) is 12.1 Å². The van der Waals surface area contributed by atoms with Crippen molar-refractivity contribution in [3.8, 4) is 0 Å². The molecule has 0 aromatic rings. The molecule has 0 N–H and O–H groups in total. The number of ether oxygens (including phenoxy) is 1. The lowest BCUT2D eigenvalue weighted by atomic mass is 10.1. The van der Waals surface area contributed by atoms with E-state index in [1.165, 1.54) is 6.92 Å². The fourth-order valence-electron chi connectivity index (χ4n) is 1.10. The lowest BCUT2D eigenvalue weighted by molar-refractivity contribution is -0.146. The van der Waals surface area contributed by atoms with Crippen LogP contribution < -0.4 is 0 Å². The molecule has 0 aromatic heterocycles. The number of carbonyl (C=O) groups excluding carboxylic acids is 1. The van der Waals surface area contributed by atoms with Crippen LogP contribution >= 0.6 is 0 Å². The third-order valence-corrected chi connectivity index (χ3v) is 1.67. The molecule has 1 aliphatic rings. The van der Waals surface area contributed by atoms with Crippen LogP contribution in [0.2, 0.25) is 0 Å². The van der Waals surface area contributed by atoms with Crippen LogP contribution in [0.3, 0.4) is 0 Å². The molecule has 0 saturated heterocycles. The maximum absolute atomic E-state index is 10.5. The minimum Gasteiger partial charge on any atom is -0.462 e. The smallest absolute Gasteiger partial charge is 0.302 e. The zero-order valence-corrected chi connectivity index (χ0v) is 6.78. The van der Waals surface area contributed by atoms with Gasteiger partial charge in [0, 0.05) is 12.8 Å². The average molecular weight is 152 g/mol. The van der Waals surface area contributed by atoms with Gasteiger partial charge in [0.05, 0.1) is 0 Å². The van der Waals surface area contributed by atoms with E-state index in [1.807, 2.05) is 31.2 Å². The van der Waals surface area contributed by atoms with Gasteiger partial charge in [-0.05, 0) is 6.92 Å². The van der Waals surface area contributed by atoms with Gasteiger partial charge in [-0.1, -0.05) is 24.3 Å². The summed E-state index contributed by atoms with van der Waals surface area (Å²) in [5, 5.41) is 0. The minimum absolute atomic E-state index is 0.0394. The van der Waals surface area contributed by atoms with Gasteiger partial charge in [0.15, 0.2) is 0 Å². The van der Waals surface area contributed by atoms with Crippen LogP contribution in [0.4, 0.5) is 0 Å².